The van der Waals surface area contributed by atoms with Crippen LogP contribution in [0.3, 0.4) is 0 Å². The predicted molar refractivity (Wildman–Crippen MR) is 63.4 cm³/mol. The summed E-state index contributed by atoms with van der Waals surface area (Å²) in [6.45, 7) is 0.799. The summed E-state index contributed by atoms with van der Waals surface area (Å²) in [5, 5.41) is 2.78. The molecule has 98 valence electrons. The minimum Gasteiger partial charge on any atom is -0.378 e. The molecular weight excluding hydrogens is 242 g/mol. The molecule has 1 amide bonds. The Kier molecular flexibility index (Phi) is 4.04. The largest absolute Gasteiger partial charge is 0.378 e. The van der Waals surface area contributed by atoms with E-state index in [9.17, 15) is 13.2 Å². The number of amides is 1. The summed E-state index contributed by atoms with van der Waals surface area (Å²) >= 11 is 0. The first-order valence-corrected chi connectivity index (χ1v) is 7.99. The van der Waals surface area contributed by atoms with E-state index >= 15 is 0 Å². The number of sulfone groups is 1. The lowest BCUT2D eigenvalue weighted by Crippen LogP contribution is -2.35. The zero-order chi connectivity index (χ0) is 12.3. The molecule has 0 bridgehead atoms. The van der Waals surface area contributed by atoms with E-state index in [1.54, 1.807) is 0 Å². The normalized spacial score (nSPS) is 31.5. The molecule has 0 spiro atoms. The van der Waals surface area contributed by atoms with Crippen LogP contribution >= 0.6 is 0 Å². The summed E-state index contributed by atoms with van der Waals surface area (Å²) in [7, 11) is -2.91. The fourth-order valence-electron chi connectivity index (χ4n) is 2.37. The molecule has 17 heavy (non-hydrogen) atoms. The van der Waals surface area contributed by atoms with Crippen LogP contribution in [-0.4, -0.2) is 44.6 Å². The van der Waals surface area contributed by atoms with Crippen molar-refractivity contribution in [1.29, 1.82) is 0 Å². The Morgan fingerprint density at radius 3 is 2.76 bits per heavy atom. The molecule has 5 nitrogen and oxygen atoms in total. The molecule has 0 aliphatic carbocycles. The van der Waals surface area contributed by atoms with Crippen molar-refractivity contribution in [2.24, 2.45) is 0 Å². The van der Waals surface area contributed by atoms with E-state index in [1.165, 1.54) is 0 Å². The maximum Gasteiger partial charge on any atom is 0.220 e. The quantitative estimate of drug-likeness (QED) is 0.787. The predicted octanol–water partition coefficient (Wildman–Crippen LogP) is 0.249. The highest BCUT2D eigenvalue weighted by Crippen LogP contribution is 2.17. The number of ether oxygens (including phenoxy) is 1. The minimum absolute atomic E-state index is 0.0531. The van der Waals surface area contributed by atoms with Gasteiger partial charge in [0, 0.05) is 19.1 Å². The molecule has 1 N–H and O–H groups in total. The SMILES string of the molecule is O=C(CCC1CCCO1)NC1CCS(=O)(=O)C1. The summed E-state index contributed by atoms with van der Waals surface area (Å²) in [4.78, 5) is 11.6. The average molecular weight is 261 g/mol. The highest BCUT2D eigenvalue weighted by molar-refractivity contribution is 7.91. The molecule has 2 aliphatic rings. The maximum absolute atomic E-state index is 11.6. The van der Waals surface area contributed by atoms with E-state index in [1.807, 2.05) is 0 Å². The third-order valence-electron chi connectivity index (χ3n) is 3.31. The van der Waals surface area contributed by atoms with E-state index in [4.69, 9.17) is 4.74 Å². The van der Waals surface area contributed by atoms with Crippen LogP contribution in [0.25, 0.3) is 0 Å². The van der Waals surface area contributed by atoms with Crippen molar-refractivity contribution in [3.63, 3.8) is 0 Å². The molecule has 0 radical (unpaired) electrons. The Balaban J connectivity index is 1.67. The number of carbonyl (C=O) groups excluding carboxylic acids is 1. The summed E-state index contributed by atoms with van der Waals surface area (Å²) < 4.78 is 27.9. The van der Waals surface area contributed by atoms with Crippen LogP contribution in [0.5, 0.6) is 0 Å². The highest BCUT2D eigenvalue weighted by atomic mass is 32.2. The van der Waals surface area contributed by atoms with Gasteiger partial charge in [-0.25, -0.2) is 8.42 Å². The second kappa shape index (κ2) is 5.35. The number of carbonyl (C=O) groups is 1. The Bertz CT molecular complexity index is 373. The van der Waals surface area contributed by atoms with Crippen LogP contribution < -0.4 is 5.32 Å². The van der Waals surface area contributed by atoms with E-state index in [0.717, 1.165) is 25.9 Å². The molecule has 2 fully saturated rings. The van der Waals surface area contributed by atoms with Crippen molar-refractivity contribution in [3.05, 3.63) is 0 Å². The van der Waals surface area contributed by atoms with Gasteiger partial charge in [-0.05, 0) is 25.7 Å². The molecule has 2 saturated heterocycles. The molecule has 0 aromatic carbocycles. The van der Waals surface area contributed by atoms with Crippen LogP contribution in [-0.2, 0) is 19.4 Å². The zero-order valence-electron chi connectivity index (χ0n) is 9.85. The van der Waals surface area contributed by atoms with Gasteiger partial charge in [0.15, 0.2) is 9.84 Å². The van der Waals surface area contributed by atoms with Gasteiger partial charge in [0.1, 0.15) is 0 Å². The third kappa shape index (κ3) is 3.96. The first-order valence-electron chi connectivity index (χ1n) is 6.16. The van der Waals surface area contributed by atoms with Crippen LogP contribution in [0, 0.1) is 0 Å². The van der Waals surface area contributed by atoms with Gasteiger partial charge in [-0.3, -0.25) is 4.79 Å². The van der Waals surface area contributed by atoms with E-state index < -0.39 is 9.84 Å². The summed E-state index contributed by atoms with van der Waals surface area (Å²) in [6, 6.07) is -0.183. The lowest BCUT2D eigenvalue weighted by atomic mass is 10.1. The van der Waals surface area contributed by atoms with Crippen molar-refractivity contribution in [3.8, 4) is 0 Å². The third-order valence-corrected chi connectivity index (χ3v) is 5.08. The van der Waals surface area contributed by atoms with Crippen molar-refractivity contribution >= 4 is 15.7 Å². The number of hydrogen-bond donors (Lipinski definition) is 1. The van der Waals surface area contributed by atoms with Gasteiger partial charge in [0.25, 0.3) is 0 Å². The topological polar surface area (TPSA) is 72.5 Å². The molecule has 0 aromatic heterocycles. The molecule has 2 rings (SSSR count). The second-order valence-electron chi connectivity index (χ2n) is 4.84. The van der Waals surface area contributed by atoms with Gasteiger partial charge < -0.3 is 10.1 Å². The summed E-state index contributed by atoms with van der Waals surface area (Å²) in [5.74, 6) is 0.241. The first-order chi connectivity index (χ1) is 8.05. The second-order valence-corrected chi connectivity index (χ2v) is 7.07. The molecule has 2 unspecified atom stereocenters. The van der Waals surface area contributed by atoms with Crippen molar-refractivity contribution in [2.75, 3.05) is 18.1 Å². The number of rotatable bonds is 4. The number of hydrogen-bond acceptors (Lipinski definition) is 4. The van der Waals surface area contributed by atoms with Crippen LogP contribution in [0.4, 0.5) is 0 Å². The Hall–Kier alpha value is -0.620. The molecule has 2 atom stereocenters. The summed E-state index contributed by atoms with van der Waals surface area (Å²) in [6.07, 6.45) is 4.05. The molecular formula is C11H19NO4S. The van der Waals surface area contributed by atoms with Crippen molar-refractivity contribution in [2.45, 2.75) is 44.2 Å². The fraction of sp³-hybridized carbons (Fsp3) is 0.909. The van der Waals surface area contributed by atoms with Crippen LogP contribution in [0.15, 0.2) is 0 Å². The van der Waals surface area contributed by atoms with Crippen molar-refractivity contribution in [1.82, 2.24) is 5.32 Å². The Morgan fingerprint density at radius 2 is 2.18 bits per heavy atom. The lowest BCUT2D eigenvalue weighted by Gasteiger charge is -2.12. The molecule has 2 heterocycles. The van der Waals surface area contributed by atoms with Gasteiger partial charge in [-0.2, -0.15) is 0 Å². The van der Waals surface area contributed by atoms with E-state index in [0.29, 0.717) is 12.8 Å². The summed E-state index contributed by atoms with van der Waals surface area (Å²) in [5.41, 5.74) is 0. The maximum atomic E-state index is 11.6. The first kappa shape index (κ1) is 12.8. The smallest absolute Gasteiger partial charge is 0.220 e. The van der Waals surface area contributed by atoms with Gasteiger partial charge >= 0.3 is 0 Å². The lowest BCUT2D eigenvalue weighted by molar-refractivity contribution is -0.122. The van der Waals surface area contributed by atoms with E-state index in [2.05, 4.69) is 5.32 Å². The standard InChI is InChI=1S/C11H19NO4S/c13-11(4-3-10-2-1-6-16-10)12-9-5-7-17(14,15)8-9/h9-10H,1-8H2,(H,12,13). The average Bonchev–Trinajstić information content (AvgIpc) is 2.85. The van der Waals surface area contributed by atoms with Crippen molar-refractivity contribution < 1.29 is 17.9 Å². The van der Waals surface area contributed by atoms with Gasteiger partial charge in [0.05, 0.1) is 17.6 Å². The van der Waals surface area contributed by atoms with Gasteiger partial charge in [-0.1, -0.05) is 0 Å². The molecule has 6 heteroatoms. The Labute approximate surface area is 102 Å². The highest BCUT2D eigenvalue weighted by Gasteiger charge is 2.29. The van der Waals surface area contributed by atoms with E-state index in [-0.39, 0.29) is 29.6 Å². The molecule has 0 aromatic rings. The monoisotopic (exact) mass is 261 g/mol. The fourth-order valence-corrected chi connectivity index (χ4v) is 4.05. The zero-order valence-corrected chi connectivity index (χ0v) is 10.7. The molecule has 2 aliphatic heterocycles. The van der Waals surface area contributed by atoms with Gasteiger partial charge in [0.2, 0.25) is 5.91 Å². The Morgan fingerprint density at radius 1 is 1.35 bits per heavy atom. The molecule has 0 saturated carbocycles. The van der Waals surface area contributed by atoms with Crippen LogP contribution in [0.2, 0.25) is 0 Å². The number of nitrogens with one attached hydrogen (secondary N) is 1. The van der Waals surface area contributed by atoms with Crippen LogP contribution in [0.1, 0.15) is 32.1 Å². The minimum atomic E-state index is -2.91. The van der Waals surface area contributed by atoms with Gasteiger partial charge in [-0.15, -0.1) is 0 Å².